The van der Waals surface area contributed by atoms with E-state index in [9.17, 15) is 9.90 Å². The number of amides is 1. The molecule has 2 atom stereocenters. The second-order valence-corrected chi connectivity index (χ2v) is 5.07. The molecule has 3 nitrogen and oxygen atoms in total. The van der Waals surface area contributed by atoms with Crippen molar-refractivity contribution in [1.82, 2.24) is 0 Å². The molecule has 2 aromatic carbocycles. The molecule has 1 aliphatic rings. The summed E-state index contributed by atoms with van der Waals surface area (Å²) in [7, 11) is 0. The monoisotopic (exact) mass is 254 g/mol. The maximum absolute atomic E-state index is 11.6. The molecule has 1 fully saturated rings. The van der Waals surface area contributed by atoms with Crippen molar-refractivity contribution in [2.45, 2.75) is 12.6 Å². The van der Waals surface area contributed by atoms with Gasteiger partial charge in [0.05, 0.1) is 0 Å². The van der Waals surface area contributed by atoms with Gasteiger partial charge in [0.1, 0.15) is 13.1 Å². The van der Waals surface area contributed by atoms with Crippen molar-refractivity contribution in [3.8, 4) is 0 Å². The van der Waals surface area contributed by atoms with E-state index in [0.29, 0.717) is 13.1 Å². The first-order chi connectivity index (χ1) is 9.22. The van der Waals surface area contributed by atoms with Crippen molar-refractivity contribution in [3.05, 3.63) is 71.8 Å². The number of hydrogen-bond donors (Lipinski definition) is 1. The summed E-state index contributed by atoms with van der Waals surface area (Å²) < 4.78 is 0.119. The second kappa shape index (κ2) is 4.52. The van der Waals surface area contributed by atoms with E-state index in [0.717, 1.165) is 11.1 Å². The molecule has 3 heteroatoms. The molecular formula is C16H16NO2+. The predicted molar refractivity (Wildman–Crippen MR) is 72.5 cm³/mol. The molecule has 0 aliphatic carbocycles. The van der Waals surface area contributed by atoms with Crippen LogP contribution in [0.1, 0.15) is 17.2 Å². The summed E-state index contributed by atoms with van der Waals surface area (Å²) in [5, 5.41) is 9.57. The number of rotatable bonds is 3. The Bertz CT molecular complexity index is 582. The van der Waals surface area contributed by atoms with E-state index in [-0.39, 0.29) is 10.5 Å². The third-order valence-corrected chi connectivity index (χ3v) is 3.83. The van der Waals surface area contributed by atoms with Gasteiger partial charge in [-0.1, -0.05) is 60.7 Å². The van der Waals surface area contributed by atoms with Crippen molar-refractivity contribution >= 4 is 6.09 Å². The van der Waals surface area contributed by atoms with Crippen LogP contribution in [0, 0.1) is 0 Å². The van der Waals surface area contributed by atoms with Crippen LogP contribution < -0.4 is 0 Å². The SMILES string of the molecule is O=C(O)[N@@+]1(Cc2ccccc2)C[C@@H]1c1ccccc1. The maximum Gasteiger partial charge on any atom is 0.514 e. The molecule has 1 aliphatic heterocycles. The van der Waals surface area contributed by atoms with Crippen LogP contribution in [0.2, 0.25) is 0 Å². The van der Waals surface area contributed by atoms with E-state index < -0.39 is 6.09 Å². The molecule has 1 heterocycles. The van der Waals surface area contributed by atoms with E-state index in [4.69, 9.17) is 0 Å². The quantitative estimate of drug-likeness (QED) is 0.673. The van der Waals surface area contributed by atoms with Gasteiger partial charge in [-0.05, 0) is 0 Å². The Balaban J connectivity index is 1.86. The summed E-state index contributed by atoms with van der Waals surface area (Å²) in [4.78, 5) is 11.6. The maximum atomic E-state index is 11.6. The minimum atomic E-state index is -0.738. The summed E-state index contributed by atoms with van der Waals surface area (Å²) in [6.45, 7) is 1.23. The lowest BCUT2D eigenvalue weighted by atomic mass is 10.1. The summed E-state index contributed by atoms with van der Waals surface area (Å²) >= 11 is 0. The van der Waals surface area contributed by atoms with Gasteiger partial charge in [0.25, 0.3) is 0 Å². The van der Waals surface area contributed by atoms with E-state index in [1.165, 1.54) is 0 Å². The summed E-state index contributed by atoms with van der Waals surface area (Å²) in [5.41, 5.74) is 2.18. The Morgan fingerprint density at radius 2 is 1.63 bits per heavy atom. The molecule has 1 saturated heterocycles. The molecular weight excluding hydrogens is 238 g/mol. The van der Waals surface area contributed by atoms with Crippen LogP contribution in [0.15, 0.2) is 60.7 Å². The van der Waals surface area contributed by atoms with Crippen LogP contribution in [-0.4, -0.2) is 22.2 Å². The highest BCUT2D eigenvalue weighted by Crippen LogP contribution is 2.46. The molecule has 0 bridgehead atoms. The molecule has 1 N–H and O–H groups in total. The fraction of sp³-hybridized carbons (Fsp3) is 0.188. The Morgan fingerprint density at radius 1 is 1.05 bits per heavy atom. The normalized spacial score (nSPS) is 24.9. The summed E-state index contributed by atoms with van der Waals surface area (Å²) in [5.74, 6) is 0. The number of carbonyl (C=O) groups is 1. The van der Waals surface area contributed by atoms with E-state index in [1.54, 1.807) is 0 Å². The number of quaternary nitrogens is 1. The van der Waals surface area contributed by atoms with Crippen LogP contribution in [0.25, 0.3) is 0 Å². The van der Waals surface area contributed by atoms with Gasteiger partial charge in [0.2, 0.25) is 0 Å². The van der Waals surface area contributed by atoms with Gasteiger partial charge in [-0.25, -0.2) is 4.48 Å². The number of nitrogens with zero attached hydrogens (tertiary/aromatic N) is 1. The van der Waals surface area contributed by atoms with Crippen LogP contribution in [0.5, 0.6) is 0 Å². The van der Waals surface area contributed by atoms with E-state index >= 15 is 0 Å². The molecule has 0 spiro atoms. The third kappa shape index (κ3) is 2.13. The van der Waals surface area contributed by atoms with Crippen LogP contribution in [0.4, 0.5) is 4.79 Å². The van der Waals surface area contributed by atoms with E-state index in [2.05, 4.69) is 0 Å². The van der Waals surface area contributed by atoms with Gasteiger partial charge in [-0.3, -0.25) is 0 Å². The van der Waals surface area contributed by atoms with Gasteiger partial charge >= 0.3 is 6.09 Å². The zero-order chi connectivity index (χ0) is 13.3. The van der Waals surface area contributed by atoms with Gasteiger partial charge in [-0.15, -0.1) is 0 Å². The topological polar surface area (TPSA) is 37.3 Å². The molecule has 0 unspecified atom stereocenters. The van der Waals surface area contributed by atoms with Crippen molar-refractivity contribution in [2.75, 3.05) is 6.54 Å². The standard InChI is InChI=1S/C16H15NO2/c18-16(19)17(11-13-7-3-1-4-8-13)12-15(17)14-9-5-2-6-10-14/h1-10,15H,11-12H2/p+1/t15-,17+/m1/s1. The lowest BCUT2D eigenvalue weighted by molar-refractivity contribution is -0.754. The zero-order valence-electron chi connectivity index (χ0n) is 10.6. The molecule has 19 heavy (non-hydrogen) atoms. The average molecular weight is 254 g/mol. The Labute approximate surface area is 112 Å². The van der Waals surface area contributed by atoms with Crippen LogP contribution in [0.3, 0.4) is 0 Å². The van der Waals surface area contributed by atoms with Gasteiger partial charge in [0.15, 0.2) is 6.04 Å². The highest BCUT2D eigenvalue weighted by atomic mass is 16.4. The lowest BCUT2D eigenvalue weighted by Crippen LogP contribution is -2.32. The molecule has 0 aromatic heterocycles. The molecule has 1 amide bonds. The number of carboxylic acid groups (broad SMARTS) is 1. The minimum absolute atomic E-state index is 0.0823. The van der Waals surface area contributed by atoms with Gasteiger partial charge in [0, 0.05) is 11.1 Å². The van der Waals surface area contributed by atoms with Crippen LogP contribution >= 0.6 is 0 Å². The summed E-state index contributed by atoms with van der Waals surface area (Å²) in [6, 6.07) is 19.8. The van der Waals surface area contributed by atoms with E-state index in [1.807, 2.05) is 60.7 Å². The average Bonchev–Trinajstić information content (AvgIpc) is 3.17. The highest BCUT2D eigenvalue weighted by molar-refractivity contribution is 5.59. The van der Waals surface area contributed by atoms with Crippen molar-refractivity contribution in [3.63, 3.8) is 0 Å². The molecule has 3 rings (SSSR count). The zero-order valence-corrected chi connectivity index (χ0v) is 10.6. The number of benzene rings is 2. The Kier molecular flexibility index (Phi) is 2.84. The first-order valence-corrected chi connectivity index (χ1v) is 6.41. The Morgan fingerprint density at radius 3 is 2.21 bits per heavy atom. The molecule has 96 valence electrons. The lowest BCUT2D eigenvalue weighted by Gasteiger charge is -2.14. The fourth-order valence-corrected chi connectivity index (χ4v) is 2.69. The minimum Gasteiger partial charge on any atom is -0.435 e. The van der Waals surface area contributed by atoms with Crippen LogP contribution in [-0.2, 0) is 6.54 Å². The summed E-state index contributed by atoms with van der Waals surface area (Å²) in [6.07, 6.45) is -0.738. The fourth-order valence-electron chi connectivity index (χ4n) is 2.69. The van der Waals surface area contributed by atoms with Gasteiger partial charge in [-0.2, -0.15) is 4.79 Å². The molecule has 0 radical (unpaired) electrons. The van der Waals surface area contributed by atoms with Crippen molar-refractivity contribution in [1.29, 1.82) is 0 Å². The molecule has 0 saturated carbocycles. The molecule has 2 aromatic rings. The largest absolute Gasteiger partial charge is 0.514 e. The highest BCUT2D eigenvalue weighted by Gasteiger charge is 2.62. The third-order valence-electron chi connectivity index (χ3n) is 3.83. The second-order valence-electron chi connectivity index (χ2n) is 5.07. The first kappa shape index (κ1) is 11.9. The Hall–Kier alpha value is -2.13. The predicted octanol–water partition coefficient (Wildman–Crippen LogP) is 3.44. The first-order valence-electron chi connectivity index (χ1n) is 6.41. The smallest absolute Gasteiger partial charge is 0.435 e. The van der Waals surface area contributed by atoms with Crippen molar-refractivity contribution in [2.24, 2.45) is 0 Å². The van der Waals surface area contributed by atoms with Crippen molar-refractivity contribution < 1.29 is 14.4 Å². The number of hydrogen-bond acceptors (Lipinski definition) is 1. The van der Waals surface area contributed by atoms with Gasteiger partial charge < -0.3 is 5.11 Å².